The number of aromatic nitrogens is 2. The number of hydrogen-bond acceptors (Lipinski definition) is 4. The summed E-state index contributed by atoms with van der Waals surface area (Å²) in [7, 11) is 0. The maximum atomic E-state index is 4.93. The molecule has 0 amide bonds. The monoisotopic (exact) mass is 631 g/mol. The van der Waals surface area contributed by atoms with E-state index in [1.165, 1.54) is 81.6 Å². The maximum Gasteiger partial charge on any atom is 0.0544 e. The average Bonchev–Trinajstić information content (AvgIpc) is 3.59. The topological polar surface area (TPSA) is 32.3 Å². The van der Waals surface area contributed by atoms with Crippen molar-refractivity contribution in [2.24, 2.45) is 0 Å². The molecule has 2 aromatic carbocycles. The fraction of sp³-hybridized carbons (Fsp3) is 0.385. The quantitative estimate of drug-likeness (QED) is 0.150. The molecule has 2 aliphatic rings. The minimum Gasteiger partial charge on any atom is -0.358 e. The Labute approximate surface area is 278 Å². The molecular weight excluding hydrogens is 579 g/mol. The van der Waals surface area contributed by atoms with Gasteiger partial charge in [-0.2, -0.15) is 0 Å². The molecule has 0 spiro atoms. The minimum atomic E-state index is 0. The van der Waals surface area contributed by atoms with Gasteiger partial charge in [0, 0.05) is 65.8 Å². The molecule has 44 heavy (non-hydrogen) atoms. The van der Waals surface area contributed by atoms with E-state index in [1.54, 1.807) is 0 Å². The van der Waals surface area contributed by atoms with Crippen LogP contribution in [0.15, 0.2) is 73.1 Å². The van der Waals surface area contributed by atoms with E-state index < -0.39 is 0 Å². The van der Waals surface area contributed by atoms with Gasteiger partial charge in [-0.1, -0.05) is 56.0 Å². The third-order valence-corrected chi connectivity index (χ3v) is 9.19. The molecule has 6 rings (SSSR count). The normalized spacial score (nSPS) is 18.1. The van der Waals surface area contributed by atoms with Crippen molar-refractivity contribution in [2.75, 3.05) is 13.1 Å². The molecule has 2 fully saturated rings. The molecule has 0 N–H and O–H groups in total. The van der Waals surface area contributed by atoms with Gasteiger partial charge in [0.1, 0.15) is 0 Å². The zero-order valence-corrected chi connectivity index (χ0v) is 28.1. The van der Waals surface area contributed by atoms with Crippen LogP contribution in [0.4, 0.5) is 0 Å². The van der Waals surface area contributed by atoms with Gasteiger partial charge in [-0.3, -0.25) is 19.8 Å². The second-order valence-corrected chi connectivity index (χ2v) is 12.0. The zero-order valence-electron chi connectivity index (χ0n) is 26.9. The van der Waals surface area contributed by atoms with E-state index in [4.69, 9.17) is 9.97 Å². The van der Waals surface area contributed by atoms with Crippen molar-refractivity contribution in [2.45, 2.75) is 86.0 Å². The smallest absolute Gasteiger partial charge is 0.0544 e. The van der Waals surface area contributed by atoms with E-state index in [2.05, 4.69) is 111 Å². The molecule has 0 aliphatic carbocycles. The standard InChI is InChI=1S/C36H42N4.CH4.2CH3.Mn/c1-25-9-5-10-26(2)35(25)29-15-17-31(37-21-29)23-39-19-7-13-33(39)34-14-8-20-40(34)24-32-18-16-30(22-38-32)36-27(3)11-6-12-28(36)4;;;;/h5-6,9-12,15-18,21-22,33-34H,7-8,13-14,19-20,23-24H2,1-4H3;1H4;2*1H3;/q;;2*-1;/t33-,34+;;;;. The van der Waals surface area contributed by atoms with Crippen molar-refractivity contribution in [1.29, 1.82) is 0 Å². The van der Waals surface area contributed by atoms with Crippen LogP contribution in [0.5, 0.6) is 0 Å². The van der Waals surface area contributed by atoms with Crippen LogP contribution >= 0.6 is 0 Å². The van der Waals surface area contributed by atoms with Crippen LogP contribution in [0.3, 0.4) is 0 Å². The number of nitrogens with zero attached hydrogens (tertiary/aromatic N) is 4. The summed E-state index contributed by atoms with van der Waals surface area (Å²) < 4.78 is 0. The number of rotatable bonds is 7. The molecule has 5 heteroatoms. The van der Waals surface area contributed by atoms with Crippen molar-refractivity contribution in [3.63, 3.8) is 0 Å². The molecule has 237 valence electrons. The molecule has 1 radical (unpaired) electrons. The summed E-state index contributed by atoms with van der Waals surface area (Å²) in [5.41, 5.74) is 12.7. The van der Waals surface area contributed by atoms with Gasteiger partial charge >= 0.3 is 0 Å². The Morgan fingerprint density at radius 1 is 0.591 bits per heavy atom. The first-order valence-electron chi connectivity index (χ1n) is 15.0. The maximum absolute atomic E-state index is 4.93. The summed E-state index contributed by atoms with van der Waals surface area (Å²) in [6.45, 7) is 13.0. The first-order valence-corrected chi connectivity index (χ1v) is 15.0. The fourth-order valence-corrected chi connectivity index (χ4v) is 7.26. The van der Waals surface area contributed by atoms with Crippen LogP contribution in [0.25, 0.3) is 22.3 Å². The van der Waals surface area contributed by atoms with Crippen LogP contribution in [-0.2, 0) is 30.2 Å². The van der Waals surface area contributed by atoms with Gasteiger partial charge in [0.2, 0.25) is 0 Å². The molecule has 4 aromatic rings. The third kappa shape index (κ3) is 7.87. The molecule has 2 aliphatic heterocycles. The summed E-state index contributed by atoms with van der Waals surface area (Å²) in [6.07, 6.45) is 9.26. The second kappa shape index (κ2) is 16.5. The molecule has 0 unspecified atom stereocenters. The van der Waals surface area contributed by atoms with E-state index in [0.29, 0.717) is 12.1 Å². The Kier molecular flexibility index (Phi) is 14.0. The number of aryl methyl sites for hydroxylation is 4. The summed E-state index contributed by atoms with van der Waals surface area (Å²) in [6, 6.07) is 23.2. The predicted octanol–water partition coefficient (Wildman–Crippen LogP) is 9.21. The fourth-order valence-electron chi connectivity index (χ4n) is 7.26. The van der Waals surface area contributed by atoms with Crippen LogP contribution in [0, 0.1) is 42.5 Å². The Hall–Kier alpha value is -2.82. The summed E-state index contributed by atoms with van der Waals surface area (Å²) in [5, 5.41) is 0. The van der Waals surface area contributed by atoms with Gasteiger partial charge < -0.3 is 14.9 Å². The molecular formula is C39H52MnN4-2. The van der Waals surface area contributed by atoms with E-state index in [-0.39, 0.29) is 39.3 Å². The number of pyridine rings is 2. The average molecular weight is 632 g/mol. The second-order valence-electron chi connectivity index (χ2n) is 12.0. The van der Waals surface area contributed by atoms with E-state index in [0.717, 1.165) is 26.2 Å². The van der Waals surface area contributed by atoms with Gasteiger partial charge in [-0.25, -0.2) is 0 Å². The van der Waals surface area contributed by atoms with E-state index in [9.17, 15) is 0 Å². The summed E-state index contributed by atoms with van der Waals surface area (Å²) in [5.74, 6) is 0. The van der Waals surface area contributed by atoms with Crippen LogP contribution in [-0.4, -0.2) is 44.9 Å². The molecule has 2 saturated heterocycles. The first kappa shape index (κ1) is 37.4. The number of benzene rings is 2. The summed E-state index contributed by atoms with van der Waals surface area (Å²) in [4.78, 5) is 15.2. The van der Waals surface area contributed by atoms with Gasteiger partial charge in [0.25, 0.3) is 0 Å². The molecule has 2 aromatic heterocycles. The van der Waals surface area contributed by atoms with Crippen LogP contribution < -0.4 is 0 Å². The van der Waals surface area contributed by atoms with Crippen LogP contribution in [0.2, 0.25) is 0 Å². The molecule has 2 atom stereocenters. The van der Waals surface area contributed by atoms with Crippen molar-refractivity contribution in [3.05, 3.63) is 122 Å². The minimum absolute atomic E-state index is 0. The van der Waals surface area contributed by atoms with E-state index >= 15 is 0 Å². The zero-order chi connectivity index (χ0) is 27.6. The first-order chi connectivity index (χ1) is 19.5. The molecule has 0 bridgehead atoms. The molecule has 0 saturated carbocycles. The Morgan fingerprint density at radius 3 is 1.27 bits per heavy atom. The van der Waals surface area contributed by atoms with Crippen molar-refractivity contribution in [1.82, 2.24) is 19.8 Å². The molecule has 4 nitrogen and oxygen atoms in total. The van der Waals surface area contributed by atoms with Gasteiger partial charge in [-0.05, 0) is 112 Å². The Bertz CT molecular complexity index is 1310. The predicted molar refractivity (Wildman–Crippen MR) is 185 cm³/mol. The number of hydrogen-bond donors (Lipinski definition) is 0. The van der Waals surface area contributed by atoms with Gasteiger partial charge in [-0.15, -0.1) is 0 Å². The third-order valence-electron chi connectivity index (χ3n) is 9.19. The van der Waals surface area contributed by atoms with E-state index in [1.807, 2.05) is 0 Å². The van der Waals surface area contributed by atoms with Gasteiger partial charge in [0.05, 0.1) is 11.4 Å². The molecule has 4 heterocycles. The Balaban J connectivity index is 0.00000169. The van der Waals surface area contributed by atoms with Crippen molar-refractivity contribution in [3.8, 4) is 22.3 Å². The van der Waals surface area contributed by atoms with Crippen molar-refractivity contribution >= 4 is 0 Å². The number of likely N-dealkylation sites (tertiary alicyclic amines) is 2. The van der Waals surface area contributed by atoms with Crippen molar-refractivity contribution < 1.29 is 17.1 Å². The van der Waals surface area contributed by atoms with Crippen LogP contribution in [0.1, 0.15) is 66.8 Å². The summed E-state index contributed by atoms with van der Waals surface area (Å²) >= 11 is 0. The Morgan fingerprint density at radius 2 is 0.955 bits per heavy atom. The van der Waals surface area contributed by atoms with Gasteiger partial charge in [0.15, 0.2) is 0 Å². The SMILES string of the molecule is C.Cc1cccc(C)c1-c1ccc(CN2CCC[C@@H]2[C@@H]2CCCN2Cc2ccc(-c3c(C)cccc3C)cn2)nc1.[CH3-].[CH3-].[Mn]. The largest absolute Gasteiger partial charge is 0.358 e.